The highest BCUT2D eigenvalue weighted by Gasteiger charge is 2.22. The minimum absolute atomic E-state index is 0.345. The van der Waals surface area contributed by atoms with Crippen LogP contribution in [0, 0.1) is 5.82 Å². The van der Waals surface area contributed by atoms with Crippen LogP contribution < -0.4 is 4.90 Å². The zero-order valence-corrected chi connectivity index (χ0v) is 10.6. The maximum Gasteiger partial charge on any atom is 0.129 e. The first-order chi connectivity index (χ1) is 9.25. The summed E-state index contributed by atoms with van der Waals surface area (Å²) >= 11 is 0. The average molecular weight is 257 g/mol. The van der Waals surface area contributed by atoms with Gasteiger partial charge in [-0.05, 0) is 24.1 Å². The molecule has 0 radical (unpaired) electrons. The molecule has 3 rings (SSSR count). The van der Waals surface area contributed by atoms with Crippen LogP contribution in [0.1, 0.15) is 17.2 Å². The van der Waals surface area contributed by atoms with Crippen molar-refractivity contribution in [2.75, 3.05) is 18.0 Å². The van der Waals surface area contributed by atoms with Crippen LogP contribution in [0.4, 0.5) is 10.1 Å². The molecule has 1 heterocycles. The van der Waals surface area contributed by atoms with Crippen molar-refractivity contribution in [2.24, 2.45) is 0 Å². The Morgan fingerprint density at radius 2 is 1.84 bits per heavy atom. The third-order valence-corrected chi connectivity index (χ3v) is 3.64. The van der Waals surface area contributed by atoms with Gasteiger partial charge in [-0.15, -0.1) is 0 Å². The molecule has 2 nitrogen and oxygen atoms in total. The molecular weight excluding hydrogens is 241 g/mol. The van der Waals surface area contributed by atoms with Gasteiger partial charge in [0.1, 0.15) is 5.82 Å². The number of halogens is 1. The Morgan fingerprint density at radius 3 is 2.68 bits per heavy atom. The first-order valence-corrected chi connectivity index (χ1v) is 6.51. The van der Waals surface area contributed by atoms with E-state index in [4.69, 9.17) is 0 Å². The van der Waals surface area contributed by atoms with Crippen molar-refractivity contribution in [3.8, 4) is 0 Å². The van der Waals surface area contributed by atoms with Crippen LogP contribution in [0.5, 0.6) is 0 Å². The fraction of sp³-hybridized carbons (Fsp3) is 0.250. The molecule has 2 aromatic carbocycles. The zero-order valence-electron chi connectivity index (χ0n) is 10.6. The van der Waals surface area contributed by atoms with Gasteiger partial charge < -0.3 is 10.0 Å². The number of benzene rings is 2. The van der Waals surface area contributed by atoms with Gasteiger partial charge >= 0.3 is 0 Å². The number of aliphatic hydroxyl groups is 1. The van der Waals surface area contributed by atoms with Gasteiger partial charge in [0.25, 0.3) is 0 Å². The van der Waals surface area contributed by atoms with Crippen molar-refractivity contribution in [2.45, 2.75) is 12.5 Å². The first kappa shape index (κ1) is 12.2. The lowest BCUT2D eigenvalue weighted by Crippen LogP contribution is -2.27. The van der Waals surface area contributed by atoms with Crippen LogP contribution in [0.2, 0.25) is 0 Å². The van der Waals surface area contributed by atoms with Crippen LogP contribution in [0.15, 0.2) is 48.5 Å². The first-order valence-electron chi connectivity index (χ1n) is 6.51. The van der Waals surface area contributed by atoms with Gasteiger partial charge in [-0.25, -0.2) is 4.39 Å². The van der Waals surface area contributed by atoms with E-state index in [1.165, 1.54) is 11.6 Å². The van der Waals surface area contributed by atoms with E-state index < -0.39 is 6.10 Å². The molecule has 1 aliphatic heterocycles. The molecule has 98 valence electrons. The quantitative estimate of drug-likeness (QED) is 0.914. The topological polar surface area (TPSA) is 23.5 Å². The summed E-state index contributed by atoms with van der Waals surface area (Å²) in [6, 6.07) is 14.6. The van der Waals surface area contributed by atoms with Crippen molar-refractivity contribution in [3.05, 3.63) is 65.5 Å². The summed E-state index contributed by atoms with van der Waals surface area (Å²) in [5.74, 6) is -0.345. The Bertz CT molecular complexity index is 584. The van der Waals surface area contributed by atoms with Gasteiger partial charge in [-0.3, -0.25) is 0 Å². The lowest BCUT2D eigenvalue weighted by atomic mass is 10.1. The predicted molar refractivity (Wildman–Crippen MR) is 73.7 cm³/mol. The number of aliphatic hydroxyl groups excluding tert-OH is 1. The van der Waals surface area contributed by atoms with Crippen LogP contribution >= 0.6 is 0 Å². The van der Waals surface area contributed by atoms with E-state index in [1.807, 2.05) is 12.1 Å². The average Bonchev–Trinajstić information content (AvgIpc) is 2.83. The second-order valence-electron chi connectivity index (χ2n) is 4.86. The van der Waals surface area contributed by atoms with Gasteiger partial charge in [0.05, 0.1) is 6.10 Å². The molecule has 1 atom stereocenters. The normalized spacial score (nSPS) is 15.4. The summed E-state index contributed by atoms with van der Waals surface area (Å²) in [7, 11) is 0. The highest BCUT2D eigenvalue weighted by Crippen LogP contribution is 2.29. The number of nitrogens with zero attached hydrogens (tertiary/aromatic N) is 1. The molecule has 0 aromatic heterocycles. The number of anilines is 1. The SMILES string of the molecule is OC(CN1CCc2ccccc21)c1ccccc1F. The molecule has 0 bridgehead atoms. The van der Waals surface area contributed by atoms with E-state index >= 15 is 0 Å². The molecule has 0 amide bonds. The van der Waals surface area contributed by atoms with E-state index in [1.54, 1.807) is 18.2 Å². The molecule has 0 saturated carbocycles. The van der Waals surface area contributed by atoms with Crippen molar-refractivity contribution in [3.63, 3.8) is 0 Å². The minimum Gasteiger partial charge on any atom is -0.386 e. The molecule has 2 aromatic rings. The number of hydrogen-bond acceptors (Lipinski definition) is 2. The molecule has 0 aliphatic carbocycles. The third-order valence-electron chi connectivity index (χ3n) is 3.64. The molecule has 1 unspecified atom stereocenters. The fourth-order valence-electron chi connectivity index (χ4n) is 2.65. The smallest absolute Gasteiger partial charge is 0.129 e. The highest BCUT2D eigenvalue weighted by atomic mass is 19.1. The molecule has 19 heavy (non-hydrogen) atoms. The highest BCUT2D eigenvalue weighted by molar-refractivity contribution is 5.58. The summed E-state index contributed by atoms with van der Waals surface area (Å²) in [5.41, 5.74) is 2.81. The standard InChI is InChI=1S/C16H16FNO/c17-14-7-3-2-6-13(14)16(19)11-18-10-9-12-5-1-4-8-15(12)18/h1-8,16,19H,9-11H2. The summed E-state index contributed by atoms with van der Waals surface area (Å²) < 4.78 is 13.6. The molecular formula is C16H16FNO. The molecule has 0 spiro atoms. The third kappa shape index (κ3) is 2.34. The van der Waals surface area contributed by atoms with Crippen molar-refractivity contribution >= 4 is 5.69 Å². The zero-order chi connectivity index (χ0) is 13.2. The van der Waals surface area contributed by atoms with Gasteiger partial charge in [-0.2, -0.15) is 0 Å². The van der Waals surface area contributed by atoms with Gasteiger partial charge in [0.15, 0.2) is 0 Å². The molecule has 1 N–H and O–H groups in total. The van der Waals surface area contributed by atoms with E-state index in [0.717, 1.165) is 18.7 Å². The van der Waals surface area contributed by atoms with E-state index in [-0.39, 0.29) is 5.82 Å². The Hall–Kier alpha value is -1.87. The Morgan fingerprint density at radius 1 is 1.11 bits per heavy atom. The Labute approximate surface area is 112 Å². The van der Waals surface area contributed by atoms with Gasteiger partial charge in [0.2, 0.25) is 0 Å². The Balaban J connectivity index is 1.78. The molecule has 3 heteroatoms. The molecule has 0 fully saturated rings. The van der Waals surface area contributed by atoms with Crippen molar-refractivity contribution in [1.82, 2.24) is 0 Å². The number of hydrogen-bond donors (Lipinski definition) is 1. The van der Waals surface area contributed by atoms with E-state index in [0.29, 0.717) is 12.1 Å². The fourth-order valence-corrected chi connectivity index (χ4v) is 2.65. The second-order valence-corrected chi connectivity index (χ2v) is 4.86. The summed E-state index contributed by atoms with van der Waals surface area (Å²) in [6.45, 7) is 1.31. The van der Waals surface area contributed by atoms with Gasteiger partial charge in [0, 0.05) is 24.3 Å². The number of fused-ring (bicyclic) bond motifs is 1. The number of rotatable bonds is 3. The molecule has 1 aliphatic rings. The van der Waals surface area contributed by atoms with E-state index in [2.05, 4.69) is 17.0 Å². The number of para-hydroxylation sites is 1. The largest absolute Gasteiger partial charge is 0.386 e. The Kier molecular flexibility index (Phi) is 3.22. The summed E-state index contributed by atoms with van der Waals surface area (Å²) in [6.07, 6.45) is 0.188. The van der Waals surface area contributed by atoms with E-state index in [9.17, 15) is 9.50 Å². The maximum absolute atomic E-state index is 13.6. The van der Waals surface area contributed by atoms with Gasteiger partial charge in [-0.1, -0.05) is 36.4 Å². The maximum atomic E-state index is 13.6. The minimum atomic E-state index is -0.799. The van der Waals surface area contributed by atoms with Crippen LogP contribution in [0.25, 0.3) is 0 Å². The van der Waals surface area contributed by atoms with Crippen LogP contribution in [0.3, 0.4) is 0 Å². The second kappa shape index (κ2) is 5.02. The lowest BCUT2D eigenvalue weighted by molar-refractivity contribution is 0.179. The van der Waals surface area contributed by atoms with Crippen LogP contribution in [-0.4, -0.2) is 18.2 Å². The summed E-state index contributed by atoms with van der Waals surface area (Å²) in [4.78, 5) is 2.12. The predicted octanol–water partition coefficient (Wildman–Crippen LogP) is 2.92. The van der Waals surface area contributed by atoms with Crippen LogP contribution in [-0.2, 0) is 6.42 Å². The molecule has 0 saturated heterocycles. The van der Waals surface area contributed by atoms with Crippen molar-refractivity contribution in [1.29, 1.82) is 0 Å². The summed E-state index contributed by atoms with van der Waals surface area (Å²) in [5, 5.41) is 10.2. The lowest BCUT2D eigenvalue weighted by Gasteiger charge is -2.23. The monoisotopic (exact) mass is 257 g/mol. The van der Waals surface area contributed by atoms with Crippen molar-refractivity contribution < 1.29 is 9.50 Å². The number of β-amino-alcohol motifs (C(OH)–C–C–N with tert-alkyl or cyclic N) is 1.